The van der Waals surface area contributed by atoms with Crippen LogP contribution in [-0.2, 0) is 0 Å². The number of carbonyl (C=O) groups excluding carboxylic acids is 2. The van der Waals surface area contributed by atoms with Gasteiger partial charge in [0.2, 0.25) is 0 Å². The maximum Gasteiger partial charge on any atom is 0.269 e. The number of H-pyrrole nitrogens is 1. The van der Waals surface area contributed by atoms with Gasteiger partial charge in [-0.3, -0.25) is 9.59 Å². The highest BCUT2D eigenvalue weighted by Crippen LogP contribution is 2.20. The highest BCUT2D eigenvalue weighted by Gasteiger charge is 2.17. The second-order valence-electron chi connectivity index (χ2n) is 4.35. The summed E-state index contributed by atoms with van der Waals surface area (Å²) >= 11 is 0. The van der Waals surface area contributed by atoms with Crippen molar-refractivity contribution in [2.24, 2.45) is 0 Å². The Hall–Kier alpha value is -2.56. The van der Waals surface area contributed by atoms with Gasteiger partial charge in [-0.25, -0.2) is 0 Å². The van der Waals surface area contributed by atoms with Crippen LogP contribution in [0.3, 0.4) is 0 Å². The van der Waals surface area contributed by atoms with E-state index in [2.05, 4.69) is 4.98 Å². The molecule has 0 aliphatic rings. The molecule has 19 heavy (non-hydrogen) atoms. The first-order valence-corrected chi connectivity index (χ1v) is 5.73. The number of aromatic nitrogens is 1. The number of benzene rings is 1. The zero-order valence-electron chi connectivity index (χ0n) is 10.7. The quantitative estimate of drug-likeness (QED) is 0.822. The molecule has 2 N–H and O–H groups in total. The SMILES string of the molecule is CN(C)C(=O)c1cc(C(=O)c2ccccc2O)c[nH]1. The number of phenols is 1. The summed E-state index contributed by atoms with van der Waals surface area (Å²) in [6.07, 6.45) is 1.46. The van der Waals surface area contributed by atoms with Crippen molar-refractivity contribution in [3.8, 4) is 5.75 Å². The molecule has 1 aromatic carbocycles. The fraction of sp³-hybridized carbons (Fsp3) is 0.143. The van der Waals surface area contributed by atoms with Crippen LogP contribution >= 0.6 is 0 Å². The molecule has 2 aromatic rings. The number of ketones is 1. The van der Waals surface area contributed by atoms with Crippen molar-refractivity contribution in [1.29, 1.82) is 0 Å². The first kappa shape index (κ1) is 12.9. The molecule has 0 fully saturated rings. The molecular formula is C14H14N2O3. The van der Waals surface area contributed by atoms with Gasteiger partial charge in [0, 0.05) is 25.9 Å². The number of aromatic hydroxyl groups is 1. The van der Waals surface area contributed by atoms with E-state index in [-0.39, 0.29) is 23.0 Å². The Morgan fingerprint density at radius 2 is 1.89 bits per heavy atom. The molecule has 5 heteroatoms. The van der Waals surface area contributed by atoms with Crippen LogP contribution in [0.2, 0.25) is 0 Å². The van der Waals surface area contributed by atoms with Gasteiger partial charge in [-0.15, -0.1) is 0 Å². The van der Waals surface area contributed by atoms with Crippen molar-refractivity contribution < 1.29 is 14.7 Å². The van der Waals surface area contributed by atoms with Gasteiger partial charge < -0.3 is 15.0 Å². The molecule has 1 amide bonds. The van der Waals surface area contributed by atoms with Gasteiger partial charge in [0.05, 0.1) is 5.56 Å². The Bertz CT molecular complexity index is 629. The molecule has 0 aliphatic carbocycles. The van der Waals surface area contributed by atoms with Gasteiger partial charge in [0.1, 0.15) is 11.4 Å². The summed E-state index contributed by atoms with van der Waals surface area (Å²) in [6, 6.07) is 7.79. The highest BCUT2D eigenvalue weighted by atomic mass is 16.3. The summed E-state index contributed by atoms with van der Waals surface area (Å²) in [5, 5.41) is 9.64. The third-order valence-electron chi connectivity index (χ3n) is 2.73. The van der Waals surface area contributed by atoms with Crippen LogP contribution in [0.25, 0.3) is 0 Å². The molecule has 98 valence electrons. The van der Waals surface area contributed by atoms with E-state index in [4.69, 9.17) is 0 Å². The Labute approximate surface area is 110 Å². The molecule has 0 aliphatic heterocycles. The molecule has 0 saturated carbocycles. The van der Waals surface area contributed by atoms with E-state index in [0.717, 1.165) is 0 Å². The first-order chi connectivity index (χ1) is 9.00. The van der Waals surface area contributed by atoms with Crippen molar-refractivity contribution >= 4 is 11.7 Å². The van der Waals surface area contributed by atoms with Crippen LogP contribution in [0.1, 0.15) is 26.4 Å². The van der Waals surface area contributed by atoms with Crippen molar-refractivity contribution in [1.82, 2.24) is 9.88 Å². The second kappa shape index (κ2) is 4.97. The monoisotopic (exact) mass is 258 g/mol. The molecule has 0 saturated heterocycles. The van der Waals surface area contributed by atoms with Crippen LogP contribution in [0.5, 0.6) is 5.75 Å². The van der Waals surface area contributed by atoms with E-state index < -0.39 is 0 Å². The minimum Gasteiger partial charge on any atom is -0.507 e. The maximum absolute atomic E-state index is 12.2. The van der Waals surface area contributed by atoms with E-state index in [1.54, 1.807) is 26.2 Å². The average molecular weight is 258 g/mol. The molecule has 5 nitrogen and oxygen atoms in total. The maximum atomic E-state index is 12.2. The zero-order valence-corrected chi connectivity index (χ0v) is 10.7. The van der Waals surface area contributed by atoms with Gasteiger partial charge in [-0.05, 0) is 18.2 Å². The normalized spacial score (nSPS) is 10.2. The molecule has 0 spiro atoms. The summed E-state index contributed by atoms with van der Waals surface area (Å²) in [5.74, 6) is -0.613. The number of nitrogens with one attached hydrogen (secondary N) is 1. The van der Waals surface area contributed by atoms with E-state index in [1.807, 2.05) is 0 Å². The van der Waals surface area contributed by atoms with Gasteiger partial charge in [0.25, 0.3) is 5.91 Å². The van der Waals surface area contributed by atoms with Crippen molar-refractivity contribution in [3.05, 3.63) is 53.3 Å². The summed E-state index contributed by atoms with van der Waals surface area (Å²) in [5.41, 5.74) is 0.890. The Morgan fingerprint density at radius 3 is 2.53 bits per heavy atom. The third-order valence-corrected chi connectivity index (χ3v) is 2.73. The lowest BCUT2D eigenvalue weighted by Gasteiger charge is -2.07. The minimum absolute atomic E-state index is 0.0748. The lowest BCUT2D eigenvalue weighted by atomic mass is 10.0. The molecule has 0 bridgehead atoms. The Kier molecular flexibility index (Phi) is 3.37. The van der Waals surface area contributed by atoms with Crippen LogP contribution < -0.4 is 0 Å². The molecule has 0 radical (unpaired) electrons. The van der Waals surface area contributed by atoms with Crippen LogP contribution in [0.15, 0.2) is 36.5 Å². The fourth-order valence-corrected chi connectivity index (χ4v) is 1.71. The lowest BCUT2D eigenvalue weighted by molar-refractivity contribution is 0.0822. The second-order valence-corrected chi connectivity index (χ2v) is 4.35. The average Bonchev–Trinajstić information content (AvgIpc) is 2.87. The number of hydrogen-bond donors (Lipinski definition) is 2. The van der Waals surface area contributed by atoms with Crippen LogP contribution in [0, 0.1) is 0 Å². The number of hydrogen-bond acceptors (Lipinski definition) is 3. The number of aromatic amines is 1. The van der Waals surface area contributed by atoms with Gasteiger partial charge >= 0.3 is 0 Å². The van der Waals surface area contributed by atoms with Gasteiger partial charge in [0.15, 0.2) is 5.78 Å². The number of nitrogens with zero attached hydrogens (tertiary/aromatic N) is 1. The summed E-state index contributed by atoms with van der Waals surface area (Å²) < 4.78 is 0. The first-order valence-electron chi connectivity index (χ1n) is 5.73. The van der Waals surface area contributed by atoms with Crippen LogP contribution in [0.4, 0.5) is 0 Å². The molecule has 1 heterocycles. The summed E-state index contributed by atoms with van der Waals surface area (Å²) in [4.78, 5) is 28.1. The summed E-state index contributed by atoms with van der Waals surface area (Å²) in [7, 11) is 3.27. The molecule has 0 atom stereocenters. The predicted octanol–water partition coefficient (Wildman–Crippen LogP) is 1.65. The number of para-hydroxylation sites is 1. The standard InChI is InChI=1S/C14H14N2O3/c1-16(2)14(19)11-7-9(8-15-11)13(18)10-5-3-4-6-12(10)17/h3-8,15,17H,1-2H3. The Morgan fingerprint density at radius 1 is 1.21 bits per heavy atom. The number of rotatable bonds is 3. The van der Waals surface area contributed by atoms with Crippen molar-refractivity contribution in [3.63, 3.8) is 0 Å². The smallest absolute Gasteiger partial charge is 0.269 e. The van der Waals surface area contributed by atoms with E-state index >= 15 is 0 Å². The van der Waals surface area contributed by atoms with E-state index in [1.165, 1.54) is 29.3 Å². The van der Waals surface area contributed by atoms with Gasteiger partial charge in [-0.2, -0.15) is 0 Å². The number of amides is 1. The fourth-order valence-electron chi connectivity index (χ4n) is 1.71. The van der Waals surface area contributed by atoms with Crippen molar-refractivity contribution in [2.45, 2.75) is 0 Å². The molecule has 1 aromatic heterocycles. The highest BCUT2D eigenvalue weighted by molar-refractivity contribution is 6.11. The number of phenolic OH excluding ortho intramolecular Hbond substituents is 1. The lowest BCUT2D eigenvalue weighted by Crippen LogP contribution is -2.21. The zero-order chi connectivity index (χ0) is 14.0. The van der Waals surface area contributed by atoms with Gasteiger partial charge in [-0.1, -0.05) is 12.1 Å². The third kappa shape index (κ3) is 2.49. The summed E-state index contributed by atoms with van der Waals surface area (Å²) in [6.45, 7) is 0. The van der Waals surface area contributed by atoms with E-state index in [9.17, 15) is 14.7 Å². The molecule has 0 unspecified atom stereocenters. The topological polar surface area (TPSA) is 73.4 Å². The number of carbonyl (C=O) groups is 2. The van der Waals surface area contributed by atoms with Crippen molar-refractivity contribution in [2.75, 3.05) is 14.1 Å². The molecule has 2 rings (SSSR count). The van der Waals surface area contributed by atoms with E-state index in [0.29, 0.717) is 11.3 Å². The predicted molar refractivity (Wildman–Crippen MR) is 70.3 cm³/mol. The Balaban J connectivity index is 2.31. The largest absolute Gasteiger partial charge is 0.507 e. The minimum atomic E-state index is -0.327. The molecular weight excluding hydrogens is 244 g/mol. The van der Waals surface area contributed by atoms with Crippen LogP contribution in [-0.4, -0.2) is 40.8 Å².